The van der Waals surface area contributed by atoms with Crippen LogP contribution in [0.2, 0.25) is 0 Å². The molecule has 3 nitrogen and oxygen atoms in total. The monoisotopic (exact) mass is 418 g/mol. The van der Waals surface area contributed by atoms with Crippen LogP contribution in [0.1, 0.15) is 42.1 Å². The van der Waals surface area contributed by atoms with Gasteiger partial charge < -0.3 is 0 Å². The third kappa shape index (κ3) is 3.90. The average molecular weight is 419 g/mol. The van der Waals surface area contributed by atoms with Crippen LogP contribution in [0.25, 0.3) is 0 Å². The highest BCUT2D eigenvalue weighted by Crippen LogP contribution is 2.66. The van der Waals surface area contributed by atoms with Gasteiger partial charge >= 0.3 is 0 Å². The van der Waals surface area contributed by atoms with Gasteiger partial charge in [-0.1, -0.05) is 97.9 Å². The molecule has 3 atom stereocenters. The van der Waals surface area contributed by atoms with Crippen LogP contribution in [-0.4, -0.2) is 29.1 Å². The summed E-state index contributed by atoms with van der Waals surface area (Å²) < 4.78 is 19.2. The summed E-state index contributed by atoms with van der Waals surface area (Å²) >= 11 is 0. The second kappa shape index (κ2) is 8.89. The molecule has 0 aliphatic carbocycles. The largest absolute Gasteiger partial charge is 0.288 e. The van der Waals surface area contributed by atoms with Crippen LogP contribution in [0.3, 0.4) is 0 Å². The van der Waals surface area contributed by atoms with E-state index in [0.29, 0.717) is 0 Å². The third-order valence-corrected chi connectivity index (χ3v) is 10.3. The molecule has 1 heterocycles. The Balaban J connectivity index is 1.75. The Bertz CT molecular complexity index is 938. The van der Waals surface area contributed by atoms with E-state index in [4.69, 9.17) is 0 Å². The van der Waals surface area contributed by atoms with Gasteiger partial charge in [-0.05, 0) is 43.6 Å². The Hall–Kier alpha value is -2.19. The van der Waals surface area contributed by atoms with Crippen molar-refractivity contribution < 1.29 is 4.57 Å². The molecule has 0 aromatic heterocycles. The summed E-state index contributed by atoms with van der Waals surface area (Å²) in [7, 11) is 1.28. The Morgan fingerprint density at radius 1 is 0.767 bits per heavy atom. The van der Waals surface area contributed by atoms with Crippen LogP contribution in [0.5, 0.6) is 0 Å². The fraction of sp³-hybridized carbons (Fsp3) is 0.308. The molecule has 3 aromatic rings. The molecule has 1 aliphatic heterocycles. The van der Waals surface area contributed by atoms with E-state index < -0.39 is 7.44 Å². The van der Waals surface area contributed by atoms with E-state index in [-0.39, 0.29) is 17.7 Å². The Morgan fingerprint density at radius 2 is 1.17 bits per heavy atom. The highest BCUT2D eigenvalue weighted by Gasteiger charge is 2.49. The van der Waals surface area contributed by atoms with Gasteiger partial charge in [-0.15, -0.1) is 0 Å². The van der Waals surface area contributed by atoms with Crippen LogP contribution in [0, 0.1) is 0 Å². The van der Waals surface area contributed by atoms with E-state index in [0.717, 1.165) is 12.8 Å². The lowest BCUT2D eigenvalue weighted by atomic mass is 9.95. The maximum absolute atomic E-state index is 14.8. The molecule has 0 radical (unpaired) electrons. The molecule has 1 aliphatic rings. The molecule has 0 bridgehead atoms. The summed E-state index contributed by atoms with van der Waals surface area (Å²) in [5.41, 5.74) is 3.73. The highest BCUT2D eigenvalue weighted by molar-refractivity contribution is 7.59. The molecular formula is C26H31N2OP. The first kappa shape index (κ1) is 21.1. The molecule has 0 saturated carbocycles. The zero-order valence-electron chi connectivity index (χ0n) is 18.1. The number of rotatable bonds is 5. The molecule has 0 N–H and O–H groups in total. The van der Waals surface area contributed by atoms with Crippen LogP contribution < -0.4 is 0 Å². The van der Waals surface area contributed by atoms with Crippen molar-refractivity contribution in [3.05, 3.63) is 108 Å². The van der Waals surface area contributed by atoms with Crippen molar-refractivity contribution in [2.75, 3.05) is 14.1 Å². The molecule has 1 saturated heterocycles. The van der Waals surface area contributed by atoms with Crippen LogP contribution >= 0.6 is 7.44 Å². The van der Waals surface area contributed by atoms with Crippen molar-refractivity contribution in [1.29, 1.82) is 0 Å². The second-order valence-electron chi connectivity index (χ2n) is 8.36. The molecule has 0 spiro atoms. The van der Waals surface area contributed by atoms with Crippen molar-refractivity contribution in [2.45, 2.75) is 37.5 Å². The van der Waals surface area contributed by atoms with Gasteiger partial charge in [0.15, 0.2) is 0 Å². The predicted octanol–water partition coefficient (Wildman–Crippen LogP) is 6.56. The molecule has 0 amide bonds. The van der Waals surface area contributed by atoms with E-state index in [1.54, 1.807) is 0 Å². The lowest BCUT2D eigenvalue weighted by Gasteiger charge is -2.51. The van der Waals surface area contributed by atoms with Crippen LogP contribution in [-0.2, 0) is 11.0 Å². The van der Waals surface area contributed by atoms with Crippen LogP contribution in [0.15, 0.2) is 91.0 Å². The summed E-state index contributed by atoms with van der Waals surface area (Å²) in [6.07, 6.45) is 1.72. The van der Waals surface area contributed by atoms with Gasteiger partial charge in [0.25, 0.3) is 0 Å². The van der Waals surface area contributed by atoms with Gasteiger partial charge in [-0.2, -0.15) is 0 Å². The Kier molecular flexibility index (Phi) is 6.24. The molecule has 3 unspecified atom stereocenters. The summed E-state index contributed by atoms with van der Waals surface area (Å²) in [5, 5.41) is 0. The SMILES string of the molecule is CC(Cc1ccccc1)P1(=O)N(C)C(c2ccccc2)CC(c2ccccc2)N1C. The number of hydrogen-bond donors (Lipinski definition) is 0. The van der Waals surface area contributed by atoms with Gasteiger partial charge in [0.05, 0.1) is 0 Å². The third-order valence-electron chi connectivity index (χ3n) is 6.57. The molecule has 1 fully saturated rings. The van der Waals surface area contributed by atoms with Gasteiger partial charge in [-0.3, -0.25) is 4.57 Å². The second-order valence-corrected chi connectivity index (χ2v) is 11.7. The fourth-order valence-corrected chi connectivity index (χ4v) is 8.28. The van der Waals surface area contributed by atoms with Gasteiger partial charge in [0.1, 0.15) is 0 Å². The predicted molar refractivity (Wildman–Crippen MR) is 126 cm³/mol. The first-order valence-electron chi connectivity index (χ1n) is 10.7. The first-order chi connectivity index (χ1) is 14.5. The van der Waals surface area contributed by atoms with Gasteiger partial charge in [-0.25, -0.2) is 9.34 Å². The Labute approximate surface area is 180 Å². The average Bonchev–Trinajstić information content (AvgIpc) is 2.79. The molecule has 3 aromatic carbocycles. The smallest absolute Gasteiger partial charge is 0.220 e. The first-order valence-corrected chi connectivity index (χ1v) is 12.4. The van der Waals surface area contributed by atoms with Crippen molar-refractivity contribution in [1.82, 2.24) is 9.34 Å². The van der Waals surface area contributed by atoms with Gasteiger partial charge in [0, 0.05) is 17.7 Å². The maximum Gasteiger partial charge on any atom is 0.220 e. The van der Waals surface area contributed by atoms with E-state index in [1.807, 2.05) is 18.2 Å². The van der Waals surface area contributed by atoms with Gasteiger partial charge in [0.2, 0.25) is 7.44 Å². The minimum atomic E-state index is -2.83. The lowest BCUT2D eigenvalue weighted by Crippen LogP contribution is -2.43. The Morgan fingerprint density at radius 3 is 1.60 bits per heavy atom. The van der Waals surface area contributed by atoms with Crippen LogP contribution in [0.4, 0.5) is 0 Å². The molecule has 156 valence electrons. The molecule has 4 rings (SSSR count). The molecular weight excluding hydrogens is 387 g/mol. The molecule has 30 heavy (non-hydrogen) atoms. The summed E-state index contributed by atoms with van der Waals surface area (Å²) in [5.74, 6) is 0. The van der Waals surface area contributed by atoms with Crippen molar-refractivity contribution in [2.24, 2.45) is 0 Å². The minimum Gasteiger partial charge on any atom is -0.288 e. The number of hydrogen-bond acceptors (Lipinski definition) is 1. The summed E-state index contributed by atoms with van der Waals surface area (Å²) in [6.45, 7) is 2.15. The van der Waals surface area contributed by atoms with E-state index in [2.05, 4.69) is 103 Å². The lowest BCUT2D eigenvalue weighted by molar-refractivity contribution is 0.198. The zero-order chi connectivity index (χ0) is 21.1. The van der Waals surface area contributed by atoms with E-state index >= 15 is 0 Å². The van der Waals surface area contributed by atoms with Crippen molar-refractivity contribution in [3.63, 3.8) is 0 Å². The minimum absolute atomic E-state index is 0.0209. The quantitative estimate of drug-likeness (QED) is 0.438. The van der Waals surface area contributed by atoms with E-state index in [1.165, 1.54) is 16.7 Å². The number of benzene rings is 3. The summed E-state index contributed by atoms with van der Waals surface area (Å²) in [6, 6.07) is 31.8. The van der Waals surface area contributed by atoms with E-state index in [9.17, 15) is 4.57 Å². The van der Waals surface area contributed by atoms with Crippen molar-refractivity contribution in [3.8, 4) is 0 Å². The topological polar surface area (TPSA) is 23.6 Å². The normalized spacial score (nSPS) is 26.4. The zero-order valence-corrected chi connectivity index (χ0v) is 19.0. The highest BCUT2D eigenvalue weighted by atomic mass is 31.2. The standard InChI is InChI=1S/C26H31N2OP/c1-21(19-22-13-7-4-8-14-22)30(29)27(2)25(23-15-9-5-10-16-23)20-26(28(30)3)24-17-11-6-12-18-24/h4-18,21,25-26H,19-20H2,1-3H3. The summed E-state index contributed by atoms with van der Waals surface area (Å²) in [4.78, 5) is 0. The number of nitrogens with zero attached hydrogens (tertiary/aromatic N) is 2. The van der Waals surface area contributed by atoms with Crippen molar-refractivity contribution >= 4 is 7.44 Å². The fourth-order valence-electron chi connectivity index (χ4n) is 4.89. The maximum atomic E-state index is 14.8. The molecule has 4 heteroatoms.